The summed E-state index contributed by atoms with van der Waals surface area (Å²) in [6.45, 7) is 3.78. The SMILES string of the molecule is CCC[C@@H](NC(=O)N1CCCOc2c(cccc2OC)C1)c1nccn1C. The maximum atomic E-state index is 13.0. The number of benzene rings is 1. The van der Waals surface area contributed by atoms with Crippen LogP contribution in [0.5, 0.6) is 11.5 Å². The number of methoxy groups -OCH3 is 1. The number of imidazole rings is 1. The van der Waals surface area contributed by atoms with Crippen LogP contribution in [0.4, 0.5) is 4.79 Å². The number of carbonyl (C=O) groups is 1. The lowest BCUT2D eigenvalue weighted by Gasteiger charge is -2.29. The van der Waals surface area contributed by atoms with Gasteiger partial charge in [0.25, 0.3) is 0 Å². The van der Waals surface area contributed by atoms with Gasteiger partial charge < -0.3 is 24.3 Å². The molecule has 1 aliphatic heterocycles. The Kier molecular flexibility index (Phi) is 6.21. The van der Waals surface area contributed by atoms with E-state index < -0.39 is 0 Å². The van der Waals surface area contributed by atoms with E-state index in [1.54, 1.807) is 13.3 Å². The van der Waals surface area contributed by atoms with Gasteiger partial charge in [0.15, 0.2) is 11.5 Å². The topological polar surface area (TPSA) is 68.6 Å². The highest BCUT2D eigenvalue weighted by Gasteiger charge is 2.24. The van der Waals surface area contributed by atoms with E-state index in [1.165, 1.54) is 0 Å². The van der Waals surface area contributed by atoms with Crippen LogP contribution in [-0.2, 0) is 13.6 Å². The van der Waals surface area contributed by atoms with Gasteiger partial charge in [0, 0.05) is 31.5 Å². The van der Waals surface area contributed by atoms with Crippen LogP contribution in [0.25, 0.3) is 0 Å². The summed E-state index contributed by atoms with van der Waals surface area (Å²) in [7, 11) is 3.58. The normalized spacial score (nSPS) is 15.1. The lowest BCUT2D eigenvalue weighted by molar-refractivity contribution is 0.175. The highest BCUT2D eigenvalue weighted by Crippen LogP contribution is 2.33. The number of rotatable bonds is 5. The fraction of sp³-hybridized carbons (Fsp3) is 0.500. The van der Waals surface area contributed by atoms with E-state index in [0.29, 0.717) is 25.4 Å². The predicted molar refractivity (Wildman–Crippen MR) is 103 cm³/mol. The largest absolute Gasteiger partial charge is 0.493 e. The molecule has 1 N–H and O–H groups in total. The van der Waals surface area contributed by atoms with Gasteiger partial charge in [-0.15, -0.1) is 0 Å². The fourth-order valence-corrected chi connectivity index (χ4v) is 3.41. The number of nitrogens with one attached hydrogen (secondary N) is 1. The first-order valence-corrected chi connectivity index (χ1v) is 9.45. The van der Waals surface area contributed by atoms with Crippen LogP contribution in [0, 0.1) is 0 Å². The first-order chi connectivity index (χ1) is 13.1. The Bertz CT molecular complexity index is 774. The van der Waals surface area contributed by atoms with Gasteiger partial charge in [0.05, 0.1) is 26.3 Å². The summed E-state index contributed by atoms with van der Waals surface area (Å²) in [5.74, 6) is 2.31. The maximum Gasteiger partial charge on any atom is 0.318 e. The number of ether oxygens (including phenoxy) is 2. The molecule has 0 saturated carbocycles. The van der Waals surface area contributed by atoms with Gasteiger partial charge in [0.1, 0.15) is 5.82 Å². The lowest BCUT2D eigenvalue weighted by atomic mass is 10.1. The van der Waals surface area contributed by atoms with E-state index in [2.05, 4.69) is 17.2 Å². The molecule has 1 atom stereocenters. The molecule has 0 saturated heterocycles. The van der Waals surface area contributed by atoms with Crippen molar-refractivity contribution < 1.29 is 14.3 Å². The Hall–Kier alpha value is -2.70. The van der Waals surface area contributed by atoms with Gasteiger partial charge in [-0.05, 0) is 18.9 Å². The predicted octanol–water partition coefficient (Wildman–Crippen LogP) is 3.26. The van der Waals surface area contributed by atoms with Crippen LogP contribution in [0.2, 0.25) is 0 Å². The van der Waals surface area contributed by atoms with Crippen LogP contribution in [-0.4, -0.2) is 40.7 Å². The van der Waals surface area contributed by atoms with Crippen LogP contribution in [0.3, 0.4) is 0 Å². The summed E-state index contributed by atoms with van der Waals surface area (Å²) in [6, 6.07) is 5.60. The first kappa shape index (κ1) is 19.1. The van der Waals surface area contributed by atoms with Crippen molar-refractivity contribution >= 4 is 6.03 Å². The molecule has 0 aliphatic carbocycles. The average Bonchev–Trinajstić information content (AvgIpc) is 3.07. The molecule has 3 rings (SSSR count). The van der Waals surface area contributed by atoms with E-state index in [0.717, 1.165) is 36.4 Å². The van der Waals surface area contributed by atoms with E-state index in [9.17, 15) is 4.79 Å². The van der Waals surface area contributed by atoms with Crippen LogP contribution < -0.4 is 14.8 Å². The quantitative estimate of drug-likeness (QED) is 0.875. The molecule has 1 aromatic heterocycles. The van der Waals surface area contributed by atoms with Crippen molar-refractivity contribution in [3.05, 3.63) is 42.0 Å². The van der Waals surface area contributed by atoms with Gasteiger partial charge in [-0.2, -0.15) is 0 Å². The minimum Gasteiger partial charge on any atom is -0.493 e. The monoisotopic (exact) mass is 372 g/mol. The Morgan fingerprint density at radius 3 is 3.00 bits per heavy atom. The Morgan fingerprint density at radius 1 is 1.44 bits per heavy atom. The van der Waals surface area contributed by atoms with Gasteiger partial charge >= 0.3 is 6.03 Å². The summed E-state index contributed by atoms with van der Waals surface area (Å²) < 4.78 is 13.2. The molecule has 27 heavy (non-hydrogen) atoms. The molecule has 0 unspecified atom stereocenters. The summed E-state index contributed by atoms with van der Waals surface area (Å²) >= 11 is 0. The van der Waals surface area contributed by atoms with Gasteiger partial charge in [-0.1, -0.05) is 25.5 Å². The number of amides is 2. The number of para-hydroxylation sites is 1. The van der Waals surface area contributed by atoms with E-state index in [-0.39, 0.29) is 12.1 Å². The molecular weight excluding hydrogens is 344 g/mol. The Morgan fingerprint density at radius 2 is 2.30 bits per heavy atom. The van der Waals surface area contributed by atoms with Crippen molar-refractivity contribution in [1.82, 2.24) is 19.8 Å². The second-order valence-electron chi connectivity index (χ2n) is 6.76. The number of fused-ring (bicyclic) bond motifs is 1. The van der Waals surface area contributed by atoms with Crippen molar-refractivity contribution in [1.29, 1.82) is 0 Å². The molecule has 2 amide bonds. The number of aryl methyl sites for hydroxylation is 1. The molecular formula is C20H28N4O3. The molecule has 1 aromatic carbocycles. The van der Waals surface area contributed by atoms with E-state index in [4.69, 9.17) is 9.47 Å². The zero-order valence-corrected chi connectivity index (χ0v) is 16.3. The minimum absolute atomic E-state index is 0.0767. The third-order valence-electron chi connectivity index (χ3n) is 4.79. The lowest BCUT2D eigenvalue weighted by Crippen LogP contribution is -2.43. The van der Waals surface area contributed by atoms with Crippen LogP contribution in [0.15, 0.2) is 30.6 Å². The highest BCUT2D eigenvalue weighted by atomic mass is 16.5. The van der Waals surface area contributed by atoms with Crippen LogP contribution in [0.1, 0.15) is 43.6 Å². The second-order valence-corrected chi connectivity index (χ2v) is 6.76. The number of hydrogen-bond acceptors (Lipinski definition) is 4. The van der Waals surface area contributed by atoms with Crippen molar-refractivity contribution in [2.45, 2.75) is 38.8 Å². The second kappa shape index (κ2) is 8.79. The van der Waals surface area contributed by atoms with Gasteiger partial charge in [-0.25, -0.2) is 9.78 Å². The number of hydrogen-bond donors (Lipinski definition) is 1. The van der Waals surface area contributed by atoms with E-state index in [1.807, 2.05) is 40.9 Å². The molecule has 0 spiro atoms. The molecule has 0 radical (unpaired) electrons. The molecule has 146 valence electrons. The van der Waals surface area contributed by atoms with Crippen LogP contribution >= 0.6 is 0 Å². The molecule has 7 nitrogen and oxygen atoms in total. The molecule has 0 bridgehead atoms. The minimum atomic E-state index is -0.103. The number of nitrogens with zero attached hydrogens (tertiary/aromatic N) is 3. The van der Waals surface area contributed by atoms with Crippen molar-refractivity contribution in [3.8, 4) is 11.5 Å². The molecule has 1 aliphatic rings. The third-order valence-corrected chi connectivity index (χ3v) is 4.79. The number of carbonyl (C=O) groups excluding carboxylic acids is 1. The third kappa shape index (κ3) is 4.35. The van der Waals surface area contributed by atoms with E-state index >= 15 is 0 Å². The average molecular weight is 372 g/mol. The number of urea groups is 1. The summed E-state index contributed by atoms with van der Waals surface area (Å²) in [5.41, 5.74) is 0.952. The number of aromatic nitrogens is 2. The molecule has 2 aromatic rings. The smallest absolute Gasteiger partial charge is 0.318 e. The van der Waals surface area contributed by atoms with Crippen molar-refractivity contribution in [3.63, 3.8) is 0 Å². The van der Waals surface area contributed by atoms with Crippen molar-refractivity contribution in [2.75, 3.05) is 20.3 Å². The first-order valence-electron chi connectivity index (χ1n) is 9.45. The zero-order valence-electron chi connectivity index (χ0n) is 16.3. The van der Waals surface area contributed by atoms with Gasteiger partial charge in [0.2, 0.25) is 0 Å². The fourth-order valence-electron chi connectivity index (χ4n) is 3.41. The summed E-state index contributed by atoms with van der Waals surface area (Å²) in [4.78, 5) is 19.3. The highest BCUT2D eigenvalue weighted by molar-refractivity contribution is 5.75. The molecule has 0 fully saturated rings. The van der Waals surface area contributed by atoms with Crippen molar-refractivity contribution in [2.24, 2.45) is 7.05 Å². The summed E-state index contributed by atoms with van der Waals surface area (Å²) in [5, 5.41) is 3.17. The standard InChI is InChI=1S/C20H28N4O3/c1-4-7-16(19-21-10-12-23(19)2)22-20(25)24-11-6-13-27-18-15(14-24)8-5-9-17(18)26-3/h5,8-10,12,16H,4,6-7,11,13-14H2,1-3H3,(H,22,25)/t16-/m1/s1. The van der Waals surface area contributed by atoms with Gasteiger partial charge in [-0.3, -0.25) is 0 Å². The maximum absolute atomic E-state index is 13.0. The molecule has 7 heteroatoms. The molecule has 2 heterocycles. The zero-order chi connectivity index (χ0) is 19.2. The Balaban J connectivity index is 1.78. The summed E-state index contributed by atoms with van der Waals surface area (Å²) in [6.07, 6.45) is 6.25. The Labute approximate surface area is 160 Å².